The van der Waals surface area contributed by atoms with Crippen LogP contribution in [0, 0.1) is 0 Å². The first-order valence-corrected chi connectivity index (χ1v) is 11.0. The van der Waals surface area contributed by atoms with E-state index in [1.165, 1.54) is 5.56 Å². The van der Waals surface area contributed by atoms with Crippen LogP contribution in [-0.2, 0) is 25.9 Å². The van der Waals surface area contributed by atoms with Crippen molar-refractivity contribution in [1.29, 1.82) is 0 Å². The molecule has 0 aliphatic heterocycles. The van der Waals surface area contributed by atoms with Gasteiger partial charge < -0.3 is 20.5 Å². The number of aryl methyl sites for hydroxylation is 2. The lowest BCUT2D eigenvalue weighted by atomic mass is 10.1. The van der Waals surface area contributed by atoms with E-state index >= 15 is 0 Å². The third kappa shape index (κ3) is 6.97. The minimum absolute atomic E-state index is 0.0726. The Labute approximate surface area is 190 Å². The predicted molar refractivity (Wildman–Crippen MR) is 129 cm³/mol. The third-order valence-corrected chi connectivity index (χ3v) is 5.27. The number of amides is 1. The SMILES string of the molecule is CN=C(NCCc1cccc(C(=O)NC)c1)NCc1nccn1CCCc1ccccc1. The zero-order chi connectivity index (χ0) is 22.6. The highest BCUT2D eigenvalue weighted by Gasteiger charge is 2.06. The van der Waals surface area contributed by atoms with E-state index in [1.54, 1.807) is 14.1 Å². The maximum Gasteiger partial charge on any atom is 0.251 e. The van der Waals surface area contributed by atoms with Gasteiger partial charge in [0.25, 0.3) is 5.91 Å². The van der Waals surface area contributed by atoms with E-state index in [-0.39, 0.29) is 5.91 Å². The van der Waals surface area contributed by atoms with Gasteiger partial charge in [-0.1, -0.05) is 42.5 Å². The maximum atomic E-state index is 11.8. The van der Waals surface area contributed by atoms with E-state index in [9.17, 15) is 4.79 Å². The average molecular weight is 433 g/mol. The van der Waals surface area contributed by atoms with Gasteiger partial charge >= 0.3 is 0 Å². The summed E-state index contributed by atoms with van der Waals surface area (Å²) in [7, 11) is 3.40. The van der Waals surface area contributed by atoms with Gasteiger partial charge in [0.15, 0.2) is 5.96 Å². The number of rotatable bonds is 10. The Morgan fingerprint density at radius 3 is 2.62 bits per heavy atom. The Morgan fingerprint density at radius 2 is 1.84 bits per heavy atom. The average Bonchev–Trinajstić information content (AvgIpc) is 3.29. The molecule has 3 N–H and O–H groups in total. The largest absolute Gasteiger partial charge is 0.356 e. The van der Waals surface area contributed by atoms with Crippen molar-refractivity contribution in [3.8, 4) is 0 Å². The number of hydrogen-bond donors (Lipinski definition) is 3. The monoisotopic (exact) mass is 432 g/mol. The minimum atomic E-state index is -0.0726. The molecule has 0 spiro atoms. The summed E-state index contributed by atoms with van der Waals surface area (Å²) in [6.07, 6.45) is 6.78. The molecule has 2 aromatic carbocycles. The van der Waals surface area contributed by atoms with Crippen molar-refractivity contribution in [3.05, 3.63) is 89.5 Å². The van der Waals surface area contributed by atoms with Gasteiger partial charge in [0.1, 0.15) is 5.82 Å². The van der Waals surface area contributed by atoms with E-state index in [4.69, 9.17) is 0 Å². The van der Waals surface area contributed by atoms with Crippen molar-refractivity contribution < 1.29 is 4.79 Å². The number of nitrogens with zero attached hydrogens (tertiary/aromatic N) is 3. The van der Waals surface area contributed by atoms with Crippen LogP contribution in [0.5, 0.6) is 0 Å². The molecule has 1 amide bonds. The standard InChI is InChI=1S/C25H32N6O/c1-26-24(32)22-12-6-10-21(18-22)13-14-29-25(27-2)30-19-23-28-15-17-31(23)16-7-11-20-8-4-3-5-9-20/h3-6,8-10,12,15,17-18H,7,11,13-14,16,19H2,1-2H3,(H,26,32)(H2,27,29,30). The first kappa shape index (κ1) is 23.1. The molecule has 7 nitrogen and oxygen atoms in total. The summed E-state index contributed by atoms with van der Waals surface area (Å²) in [4.78, 5) is 20.6. The molecule has 168 valence electrons. The van der Waals surface area contributed by atoms with Crippen molar-refractivity contribution in [2.75, 3.05) is 20.6 Å². The Hall–Kier alpha value is -3.61. The molecule has 32 heavy (non-hydrogen) atoms. The highest BCUT2D eigenvalue weighted by atomic mass is 16.1. The molecule has 0 fully saturated rings. The first-order chi connectivity index (χ1) is 15.7. The number of carbonyl (C=O) groups excluding carboxylic acids is 1. The number of carbonyl (C=O) groups is 1. The molecular formula is C25H32N6O. The van der Waals surface area contributed by atoms with Crippen LogP contribution >= 0.6 is 0 Å². The normalized spacial score (nSPS) is 11.2. The fourth-order valence-electron chi connectivity index (χ4n) is 3.53. The summed E-state index contributed by atoms with van der Waals surface area (Å²) in [5.74, 6) is 1.64. The fraction of sp³-hybridized carbons (Fsp3) is 0.320. The van der Waals surface area contributed by atoms with Crippen LogP contribution < -0.4 is 16.0 Å². The number of benzene rings is 2. The molecule has 0 saturated carbocycles. The predicted octanol–water partition coefficient (Wildman–Crippen LogP) is 2.78. The summed E-state index contributed by atoms with van der Waals surface area (Å²) in [6.45, 7) is 2.24. The van der Waals surface area contributed by atoms with Gasteiger partial charge in [-0.25, -0.2) is 4.98 Å². The summed E-state index contributed by atoms with van der Waals surface area (Å²) >= 11 is 0. The Kier molecular flexibility index (Phi) is 8.86. The maximum absolute atomic E-state index is 11.8. The second-order valence-corrected chi connectivity index (χ2v) is 7.51. The van der Waals surface area contributed by atoms with Crippen LogP contribution in [0.25, 0.3) is 0 Å². The van der Waals surface area contributed by atoms with Gasteiger partial charge in [0.2, 0.25) is 0 Å². The van der Waals surface area contributed by atoms with E-state index < -0.39 is 0 Å². The Bertz CT molecular complexity index is 1010. The van der Waals surface area contributed by atoms with Gasteiger partial charge in [-0.3, -0.25) is 9.79 Å². The number of imidazole rings is 1. The number of aromatic nitrogens is 2. The van der Waals surface area contributed by atoms with Crippen molar-refractivity contribution in [1.82, 2.24) is 25.5 Å². The van der Waals surface area contributed by atoms with Gasteiger partial charge in [0.05, 0.1) is 6.54 Å². The summed E-state index contributed by atoms with van der Waals surface area (Å²) in [5.41, 5.74) is 3.13. The molecule has 0 saturated heterocycles. The first-order valence-electron chi connectivity index (χ1n) is 11.0. The van der Waals surface area contributed by atoms with Crippen LogP contribution in [-0.4, -0.2) is 42.1 Å². The zero-order valence-corrected chi connectivity index (χ0v) is 18.8. The second kappa shape index (κ2) is 12.3. The lowest BCUT2D eigenvalue weighted by Gasteiger charge is -2.13. The molecular weight excluding hydrogens is 400 g/mol. The molecule has 0 aliphatic rings. The van der Waals surface area contributed by atoms with Crippen LogP contribution in [0.2, 0.25) is 0 Å². The van der Waals surface area contributed by atoms with Gasteiger partial charge in [0, 0.05) is 45.1 Å². The van der Waals surface area contributed by atoms with Crippen LogP contribution in [0.4, 0.5) is 0 Å². The highest BCUT2D eigenvalue weighted by Crippen LogP contribution is 2.07. The topological polar surface area (TPSA) is 83.3 Å². The Balaban J connectivity index is 1.43. The van der Waals surface area contributed by atoms with E-state index in [2.05, 4.69) is 54.8 Å². The highest BCUT2D eigenvalue weighted by molar-refractivity contribution is 5.94. The smallest absolute Gasteiger partial charge is 0.251 e. The molecule has 0 radical (unpaired) electrons. The minimum Gasteiger partial charge on any atom is -0.356 e. The summed E-state index contributed by atoms with van der Waals surface area (Å²) < 4.78 is 2.19. The molecule has 3 aromatic rings. The summed E-state index contributed by atoms with van der Waals surface area (Å²) in [5, 5.41) is 9.32. The molecule has 0 atom stereocenters. The molecule has 0 bridgehead atoms. The Morgan fingerprint density at radius 1 is 1.03 bits per heavy atom. The van der Waals surface area contributed by atoms with Crippen molar-refractivity contribution >= 4 is 11.9 Å². The van der Waals surface area contributed by atoms with Crippen LogP contribution in [0.1, 0.15) is 33.7 Å². The zero-order valence-electron chi connectivity index (χ0n) is 18.8. The lowest BCUT2D eigenvalue weighted by molar-refractivity contribution is 0.0963. The van der Waals surface area contributed by atoms with Gasteiger partial charge in [-0.2, -0.15) is 0 Å². The van der Waals surface area contributed by atoms with Gasteiger partial charge in [-0.05, 0) is 42.5 Å². The lowest BCUT2D eigenvalue weighted by Crippen LogP contribution is -2.38. The van der Waals surface area contributed by atoms with Gasteiger partial charge in [-0.15, -0.1) is 0 Å². The van der Waals surface area contributed by atoms with E-state index in [0.717, 1.165) is 43.2 Å². The summed E-state index contributed by atoms with van der Waals surface area (Å²) in [6, 6.07) is 18.2. The van der Waals surface area contributed by atoms with E-state index in [0.29, 0.717) is 18.7 Å². The molecule has 1 heterocycles. The number of hydrogen-bond acceptors (Lipinski definition) is 3. The fourth-order valence-corrected chi connectivity index (χ4v) is 3.53. The third-order valence-electron chi connectivity index (χ3n) is 5.27. The number of guanidine groups is 1. The van der Waals surface area contributed by atoms with E-state index in [1.807, 2.05) is 42.7 Å². The molecule has 7 heteroatoms. The number of aliphatic imine (C=N–C) groups is 1. The number of nitrogens with one attached hydrogen (secondary N) is 3. The molecule has 0 aliphatic carbocycles. The molecule has 0 unspecified atom stereocenters. The van der Waals surface area contributed by atoms with Crippen molar-refractivity contribution in [2.45, 2.75) is 32.4 Å². The van der Waals surface area contributed by atoms with Crippen LogP contribution in [0.15, 0.2) is 72.0 Å². The van der Waals surface area contributed by atoms with Crippen LogP contribution in [0.3, 0.4) is 0 Å². The second-order valence-electron chi connectivity index (χ2n) is 7.51. The quantitative estimate of drug-likeness (QED) is 0.340. The molecule has 3 rings (SSSR count). The molecule has 1 aromatic heterocycles. The van der Waals surface area contributed by atoms with Crippen molar-refractivity contribution in [2.24, 2.45) is 4.99 Å². The van der Waals surface area contributed by atoms with Crippen molar-refractivity contribution in [3.63, 3.8) is 0 Å².